The Labute approximate surface area is 191 Å². The summed E-state index contributed by atoms with van der Waals surface area (Å²) in [5.74, 6) is -1.39. The van der Waals surface area contributed by atoms with Crippen molar-refractivity contribution in [2.75, 3.05) is 13.2 Å². The first-order chi connectivity index (χ1) is 14.3. The molecule has 2 N–H and O–H groups in total. The van der Waals surface area contributed by atoms with Gasteiger partial charge in [0.25, 0.3) is 5.91 Å². The van der Waals surface area contributed by atoms with Gasteiger partial charge in [-0.25, -0.2) is 0 Å². The van der Waals surface area contributed by atoms with Crippen LogP contribution in [0.1, 0.15) is 12.0 Å². The summed E-state index contributed by atoms with van der Waals surface area (Å²) in [6, 6.07) is 12.6. The molecule has 1 heterocycles. The molecular weight excluding hydrogens is 497 g/mol. The Kier molecular flexibility index (Phi) is 7.58. The minimum atomic E-state index is -0.577. The molecule has 0 spiro atoms. The lowest BCUT2D eigenvalue weighted by Crippen LogP contribution is -2.46. The van der Waals surface area contributed by atoms with Gasteiger partial charge in [0.1, 0.15) is 0 Å². The number of ether oxygens (including phenoxy) is 1. The van der Waals surface area contributed by atoms with Crippen molar-refractivity contribution < 1.29 is 19.1 Å². The SMILES string of the molecule is O=C(COc1c(Cl)cc(Cl)cc1Br)NNC(=O)C1CC(=O)N(Cc2ccccc2)C1. The molecule has 0 radical (unpaired) electrons. The van der Waals surface area contributed by atoms with E-state index in [2.05, 4.69) is 26.8 Å². The van der Waals surface area contributed by atoms with Crippen LogP contribution in [0.5, 0.6) is 5.75 Å². The zero-order valence-corrected chi connectivity index (χ0v) is 18.8. The number of amides is 3. The number of hydrogen-bond acceptors (Lipinski definition) is 4. The van der Waals surface area contributed by atoms with E-state index >= 15 is 0 Å². The maximum absolute atomic E-state index is 12.3. The summed E-state index contributed by atoms with van der Waals surface area (Å²) in [6.45, 7) is 0.365. The van der Waals surface area contributed by atoms with Gasteiger partial charge in [-0.15, -0.1) is 0 Å². The molecule has 1 aliphatic heterocycles. The minimum absolute atomic E-state index is 0.0956. The van der Waals surface area contributed by atoms with Crippen molar-refractivity contribution in [2.45, 2.75) is 13.0 Å². The lowest BCUT2D eigenvalue weighted by molar-refractivity contribution is -0.132. The van der Waals surface area contributed by atoms with E-state index in [1.165, 1.54) is 6.07 Å². The lowest BCUT2D eigenvalue weighted by Gasteiger charge is -2.17. The predicted octanol–water partition coefficient (Wildman–Crippen LogP) is 3.33. The quantitative estimate of drug-likeness (QED) is 0.579. The molecule has 1 atom stereocenters. The van der Waals surface area contributed by atoms with E-state index in [4.69, 9.17) is 27.9 Å². The fourth-order valence-corrected chi connectivity index (χ4v) is 4.35. The Bertz CT molecular complexity index is 935. The van der Waals surface area contributed by atoms with Gasteiger partial charge in [0.15, 0.2) is 12.4 Å². The van der Waals surface area contributed by atoms with Gasteiger partial charge in [-0.05, 0) is 33.6 Å². The molecular formula is C20H18BrCl2N3O4. The van der Waals surface area contributed by atoms with E-state index < -0.39 is 17.7 Å². The summed E-state index contributed by atoms with van der Waals surface area (Å²) in [5.41, 5.74) is 5.61. The lowest BCUT2D eigenvalue weighted by atomic mass is 10.1. The van der Waals surface area contributed by atoms with Crippen molar-refractivity contribution >= 4 is 56.9 Å². The van der Waals surface area contributed by atoms with E-state index in [1.54, 1.807) is 11.0 Å². The van der Waals surface area contributed by atoms with Crippen LogP contribution in [-0.2, 0) is 20.9 Å². The third-order valence-electron chi connectivity index (χ3n) is 4.44. The van der Waals surface area contributed by atoms with Crippen molar-refractivity contribution in [2.24, 2.45) is 5.92 Å². The van der Waals surface area contributed by atoms with Crippen molar-refractivity contribution in [3.8, 4) is 5.75 Å². The molecule has 1 saturated heterocycles. The summed E-state index contributed by atoms with van der Waals surface area (Å²) in [4.78, 5) is 38.1. The number of halogens is 3. The highest BCUT2D eigenvalue weighted by Crippen LogP contribution is 2.35. The smallest absolute Gasteiger partial charge is 0.276 e. The van der Waals surface area contributed by atoms with E-state index in [1.807, 2.05) is 30.3 Å². The number of carbonyl (C=O) groups is 3. The summed E-state index contributed by atoms with van der Waals surface area (Å²) in [5, 5.41) is 0.664. The standard InChI is InChI=1S/C20H18BrCl2N3O4/c21-15-7-14(22)8-16(23)19(15)30-11-17(27)24-25-20(29)13-6-18(28)26(10-13)9-12-4-2-1-3-5-12/h1-5,7-8,13H,6,9-11H2,(H,24,27)(H,25,29). The van der Waals surface area contributed by atoms with E-state index in [-0.39, 0.29) is 29.7 Å². The minimum Gasteiger partial charge on any atom is -0.481 e. The van der Waals surface area contributed by atoms with Crippen LogP contribution in [0.25, 0.3) is 0 Å². The second kappa shape index (κ2) is 10.1. The van der Waals surface area contributed by atoms with Crippen LogP contribution in [0, 0.1) is 5.92 Å². The maximum atomic E-state index is 12.3. The van der Waals surface area contributed by atoms with Crippen molar-refractivity contribution in [1.82, 2.24) is 15.8 Å². The molecule has 0 aliphatic carbocycles. The van der Waals surface area contributed by atoms with Gasteiger partial charge in [0.05, 0.1) is 15.4 Å². The van der Waals surface area contributed by atoms with Crippen LogP contribution in [-0.4, -0.2) is 35.8 Å². The molecule has 1 fully saturated rings. The van der Waals surface area contributed by atoms with Crippen molar-refractivity contribution in [3.05, 3.63) is 62.5 Å². The van der Waals surface area contributed by atoms with Gasteiger partial charge in [-0.3, -0.25) is 25.2 Å². The van der Waals surface area contributed by atoms with Gasteiger partial charge in [-0.2, -0.15) is 0 Å². The number of carbonyl (C=O) groups excluding carboxylic acids is 3. The van der Waals surface area contributed by atoms with Crippen LogP contribution < -0.4 is 15.6 Å². The molecule has 7 nitrogen and oxygen atoms in total. The average Bonchev–Trinajstić information content (AvgIpc) is 3.06. The average molecular weight is 515 g/mol. The van der Waals surface area contributed by atoms with Gasteiger partial charge in [0, 0.05) is 24.5 Å². The number of nitrogens with zero attached hydrogens (tertiary/aromatic N) is 1. The first-order valence-corrected chi connectivity index (χ1v) is 10.6. The summed E-state index contributed by atoms with van der Waals surface area (Å²) < 4.78 is 5.88. The fraction of sp³-hybridized carbons (Fsp3) is 0.250. The molecule has 0 aromatic heterocycles. The highest BCUT2D eigenvalue weighted by atomic mass is 79.9. The maximum Gasteiger partial charge on any atom is 0.276 e. The van der Waals surface area contributed by atoms with Gasteiger partial charge >= 0.3 is 0 Å². The van der Waals surface area contributed by atoms with Gasteiger partial charge in [-0.1, -0.05) is 53.5 Å². The number of hydrogen-bond donors (Lipinski definition) is 2. The highest BCUT2D eigenvalue weighted by molar-refractivity contribution is 9.10. The third-order valence-corrected chi connectivity index (χ3v) is 5.53. The second-order valence-corrected chi connectivity index (χ2v) is 8.38. The zero-order valence-electron chi connectivity index (χ0n) is 15.7. The van der Waals surface area contributed by atoms with Crippen molar-refractivity contribution in [1.29, 1.82) is 0 Å². The Morgan fingerprint density at radius 3 is 2.60 bits per heavy atom. The molecule has 30 heavy (non-hydrogen) atoms. The monoisotopic (exact) mass is 513 g/mol. The molecule has 10 heteroatoms. The van der Waals surface area contributed by atoms with Crippen molar-refractivity contribution in [3.63, 3.8) is 0 Å². The molecule has 158 valence electrons. The molecule has 2 aromatic carbocycles. The molecule has 3 rings (SSSR count). The Hall–Kier alpha value is -2.29. The van der Waals surface area contributed by atoms with E-state index in [0.717, 1.165) is 5.56 Å². The van der Waals surface area contributed by atoms with Crippen LogP contribution in [0.2, 0.25) is 10.0 Å². The number of likely N-dealkylation sites (tertiary alicyclic amines) is 1. The Morgan fingerprint density at radius 1 is 1.17 bits per heavy atom. The number of nitrogens with one attached hydrogen (secondary N) is 2. The molecule has 0 saturated carbocycles. The van der Waals surface area contributed by atoms with Crippen LogP contribution in [0.4, 0.5) is 0 Å². The summed E-state index contributed by atoms with van der Waals surface area (Å²) in [7, 11) is 0. The van der Waals surface area contributed by atoms with Crippen LogP contribution in [0.15, 0.2) is 46.9 Å². The Balaban J connectivity index is 1.45. The molecule has 1 unspecified atom stereocenters. The number of benzene rings is 2. The summed E-state index contributed by atoms with van der Waals surface area (Å²) in [6.07, 6.45) is 0.0956. The third kappa shape index (κ3) is 5.87. The predicted molar refractivity (Wildman–Crippen MR) is 116 cm³/mol. The van der Waals surface area contributed by atoms with Gasteiger partial charge < -0.3 is 9.64 Å². The summed E-state index contributed by atoms with van der Waals surface area (Å²) >= 11 is 15.2. The largest absolute Gasteiger partial charge is 0.481 e. The second-order valence-electron chi connectivity index (χ2n) is 6.69. The Morgan fingerprint density at radius 2 is 1.90 bits per heavy atom. The van der Waals surface area contributed by atoms with E-state index in [0.29, 0.717) is 22.6 Å². The normalized spacial score (nSPS) is 15.8. The topological polar surface area (TPSA) is 87.7 Å². The molecule has 3 amide bonds. The van der Waals surface area contributed by atoms with E-state index in [9.17, 15) is 14.4 Å². The first kappa shape index (κ1) is 22.4. The van der Waals surface area contributed by atoms with Crippen LogP contribution in [0.3, 0.4) is 0 Å². The number of hydrazine groups is 1. The molecule has 0 bridgehead atoms. The zero-order chi connectivity index (χ0) is 21.7. The highest BCUT2D eigenvalue weighted by Gasteiger charge is 2.34. The first-order valence-electron chi connectivity index (χ1n) is 9.01. The fourth-order valence-electron chi connectivity index (χ4n) is 2.98. The number of rotatable bonds is 6. The molecule has 2 aromatic rings. The molecule has 1 aliphatic rings. The van der Waals surface area contributed by atoms with Gasteiger partial charge in [0.2, 0.25) is 11.8 Å². The van der Waals surface area contributed by atoms with Crippen LogP contribution >= 0.6 is 39.1 Å².